The topological polar surface area (TPSA) is 220 Å². The minimum absolute atomic E-state index is 0.0220. The normalized spacial score (nSPS) is 22.1. The number of nitrogen functional groups attached to an aromatic ring is 1. The van der Waals surface area contributed by atoms with Gasteiger partial charge in [-0.1, -0.05) is 63.2 Å². The van der Waals surface area contributed by atoms with Crippen LogP contribution in [0, 0.1) is 29.5 Å². The number of carbonyl (C=O) groups excluding carboxylic acids is 3. The van der Waals surface area contributed by atoms with Crippen molar-refractivity contribution in [1.29, 1.82) is 5.26 Å². The van der Waals surface area contributed by atoms with Crippen LogP contribution in [0.2, 0.25) is 5.02 Å². The van der Waals surface area contributed by atoms with Gasteiger partial charge in [-0.05, 0) is 107 Å². The molecule has 0 aliphatic carbocycles. The molecule has 7 heterocycles. The van der Waals surface area contributed by atoms with Gasteiger partial charge in [0.05, 0.1) is 50.0 Å². The van der Waals surface area contributed by atoms with E-state index in [0.29, 0.717) is 65.9 Å². The summed E-state index contributed by atoms with van der Waals surface area (Å²) in [6.07, 6.45) is 5.91. The lowest BCUT2D eigenvalue weighted by Crippen LogP contribution is -2.57. The van der Waals surface area contributed by atoms with Crippen LogP contribution >= 0.6 is 22.9 Å². The number of thiazole rings is 1. The van der Waals surface area contributed by atoms with E-state index in [4.69, 9.17) is 32.0 Å². The number of nitrogens with two attached hydrogens (primary N) is 1. The first-order chi connectivity index (χ1) is 37.6. The summed E-state index contributed by atoms with van der Waals surface area (Å²) >= 11 is 8.63. The lowest BCUT2D eigenvalue weighted by molar-refractivity contribution is -0.144. The van der Waals surface area contributed by atoms with Gasteiger partial charge in [0.2, 0.25) is 17.7 Å². The second-order valence-corrected chi connectivity index (χ2v) is 24.5. The van der Waals surface area contributed by atoms with Gasteiger partial charge in [0.15, 0.2) is 5.82 Å². The number of benzene rings is 3. The van der Waals surface area contributed by atoms with E-state index in [1.54, 1.807) is 35.7 Å². The molecule has 3 aromatic heterocycles. The highest BCUT2D eigenvalue weighted by atomic mass is 35.5. The molecule has 6 aromatic rings. The van der Waals surface area contributed by atoms with Crippen molar-refractivity contribution >= 4 is 74.0 Å². The second kappa shape index (κ2) is 22.1. The van der Waals surface area contributed by atoms with Gasteiger partial charge in [-0.3, -0.25) is 19.3 Å². The number of hydrogen-bond donors (Lipinski definition) is 5. The summed E-state index contributed by atoms with van der Waals surface area (Å²) in [7, 11) is 1.82. The SMILES string of the molecule is C=C(Oc1nc(N2CC3CCC(C2)N3)c2cc(Cl)c(-c3cn(C)c4ccc(N)c(C#N)c34)c(F)c2n1)[C@]1(C)CCCN1CCCCC(=O)N[C@H](C(=O)N1C[C@H](O)C[C@H]1C(=O)N[C@@H](C)c1ccc(-c2scnc2C)cc1)C(C)(C)C. The number of aliphatic hydroxyl groups excluding tert-OH is 1. The molecule has 6 N–H and O–H groups in total. The monoisotopic (exact) mass is 1110 g/mol. The van der Waals surface area contributed by atoms with Crippen LogP contribution in [0.4, 0.5) is 15.9 Å². The smallest absolute Gasteiger partial charge is 0.324 e. The maximum absolute atomic E-state index is 17.5. The third kappa shape index (κ3) is 10.9. The van der Waals surface area contributed by atoms with Crippen LogP contribution in [0.25, 0.3) is 43.4 Å². The van der Waals surface area contributed by atoms with Gasteiger partial charge in [-0.2, -0.15) is 15.2 Å². The van der Waals surface area contributed by atoms with Crippen molar-refractivity contribution in [3.63, 3.8) is 0 Å². The van der Waals surface area contributed by atoms with Crippen LogP contribution in [-0.2, 0) is 21.4 Å². The first-order valence-corrected chi connectivity index (χ1v) is 28.6. The summed E-state index contributed by atoms with van der Waals surface area (Å²) in [4.78, 5) is 63.0. The highest BCUT2D eigenvalue weighted by molar-refractivity contribution is 7.13. The van der Waals surface area contributed by atoms with E-state index < -0.39 is 40.9 Å². The van der Waals surface area contributed by atoms with Gasteiger partial charge >= 0.3 is 6.01 Å². The molecular formula is C59H70ClFN12O5S. The molecule has 3 amide bonds. The standard InChI is InChI=1S/C59H70ClFN12O5S/c1-32(35-13-15-36(16-14-35)52-33(2)64-31-79-52)65-55(76)46-24-39(74)29-73(46)56(77)53(58(4,5)6)67-47(75)12-9-10-22-72-23-11-21-59(72,7)34(3)78-57-68-51-40(54(69-57)71-27-37-17-18-38(28-71)66-37)25-43(60)49(50(51)61)42-30-70(8)45-20-19-44(63)41(26-62)48(42)45/h13-16,19-20,25,30-32,37-39,46,53,66,74H,3,9-12,17-18,21-24,27-29,63H2,1-2,4-8H3,(H,65,76)(H,67,75)/t32-,37?,38?,39+,46-,53+,59-/m0/s1. The fourth-order valence-electron chi connectivity index (χ4n) is 12.2. The average Bonchev–Trinajstić information content (AvgIpc) is 4.48. The number of nitrogens with one attached hydrogen (secondary N) is 3. The lowest BCUT2D eigenvalue weighted by Gasteiger charge is -2.36. The van der Waals surface area contributed by atoms with E-state index in [2.05, 4.69) is 50.3 Å². The summed E-state index contributed by atoms with van der Waals surface area (Å²) in [5, 5.41) is 31.8. The van der Waals surface area contributed by atoms with Crippen molar-refractivity contribution in [2.75, 3.05) is 43.4 Å². The summed E-state index contributed by atoms with van der Waals surface area (Å²) in [6, 6.07) is 13.5. The molecular weight excluding hydrogens is 1040 g/mol. The molecule has 17 nitrogen and oxygen atoms in total. The van der Waals surface area contributed by atoms with Crippen molar-refractivity contribution in [2.24, 2.45) is 12.5 Å². The zero-order valence-electron chi connectivity index (χ0n) is 46.0. The summed E-state index contributed by atoms with van der Waals surface area (Å²) in [6.45, 7) is 18.6. The predicted molar refractivity (Wildman–Crippen MR) is 307 cm³/mol. The predicted octanol–water partition coefficient (Wildman–Crippen LogP) is 8.69. The molecule has 4 aliphatic heterocycles. The molecule has 4 saturated heterocycles. The number of carbonyl (C=O) groups is 3. The summed E-state index contributed by atoms with van der Waals surface area (Å²) < 4.78 is 25.9. The number of aryl methyl sites for hydroxylation is 2. The number of hydrogen-bond acceptors (Lipinski definition) is 14. The molecule has 10 rings (SSSR count). The molecule has 416 valence electrons. The van der Waals surface area contributed by atoms with E-state index in [9.17, 15) is 24.8 Å². The second-order valence-electron chi connectivity index (χ2n) is 23.2. The third-order valence-electron chi connectivity index (χ3n) is 16.7. The van der Waals surface area contributed by atoms with Crippen LogP contribution in [0.3, 0.4) is 0 Å². The van der Waals surface area contributed by atoms with E-state index in [0.717, 1.165) is 53.9 Å². The van der Waals surface area contributed by atoms with Gasteiger partial charge in [0.1, 0.15) is 35.2 Å². The molecule has 4 fully saturated rings. The fraction of sp³-hybridized carbons (Fsp3) is 0.475. The average molecular weight is 1110 g/mol. The lowest BCUT2D eigenvalue weighted by atomic mass is 9.85. The van der Waals surface area contributed by atoms with E-state index >= 15 is 4.39 Å². The van der Waals surface area contributed by atoms with Gasteiger partial charge in [-0.15, -0.1) is 11.3 Å². The molecule has 2 unspecified atom stereocenters. The largest absolute Gasteiger partial charge is 0.427 e. The number of halogens is 2. The molecule has 0 saturated carbocycles. The summed E-state index contributed by atoms with van der Waals surface area (Å²) in [5.41, 5.74) is 11.4. The summed E-state index contributed by atoms with van der Waals surface area (Å²) in [5.74, 6) is -0.837. The van der Waals surface area contributed by atoms with Crippen LogP contribution in [0.15, 0.2) is 66.5 Å². The van der Waals surface area contributed by atoms with Crippen molar-refractivity contribution < 1.29 is 28.6 Å². The Hall–Kier alpha value is -6.69. The maximum atomic E-state index is 17.5. The van der Waals surface area contributed by atoms with E-state index in [1.807, 2.05) is 76.0 Å². The van der Waals surface area contributed by atoms with Gasteiger partial charge < -0.3 is 45.9 Å². The number of nitrogens with zero attached hydrogens (tertiary/aromatic N) is 8. The Bertz CT molecular complexity index is 3400. The molecule has 3 aromatic carbocycles. The molecule has 7 atom stereocenters. The van der Waals surface area contributed by atoms with Crippen molar-refractivity contribution in [1.82, 2.24) is 45.3 Å². The highest BCUT2D eigenvalue weighted by Gasteiger charge is 2.45. The first kappa shape index (κ1) is 55.6. The quantitative estimate of drug-likeness (QED) is 0.0348. The number of nitriles is 1. The van der Waals surface area contributed by atoms with Crippen LogP contribution in [0.1, 0.15) is 109 Å². The number of rotatable bonds is 16. The number of likely N-dealkylation sites (tertiary alicyclic amines) is 2. The van der Waals surface area contributed by atoms with Crippen molar-refractivity contribution in [3.05, 3.63) is 94.2 Å². The Morgan fingerprint density at radius 3 is 2.52 bits per heavy atom. The molecule has 2 bridgehead atoms. The number of aromatic nitrogens is 4. The Morgan fingerprint density at radius 1 is 1.10 bits per heavy atom. The van der Waals surface area contributed by atoms with Crippen LogP contribution in [-0.4, -0.2) is 121 Å². The highest BCUT2D eigenvalue weighted by Crippen LogP contribution is 2.45. The number of amides is 3. The van der Waals surface area contributed by atoms with Gasteiger partial charge in [0.25, 0.3) is 0 Å². The minimum Gasteiger partial charge on any atom is -0.427 e. The van der Waals surface area contributed by atoms with E-state index in [-0.39, 0.29) is 82.7 Å². The Balaban J connectivity index is 0.802. The maximum Gasteiger partial charge on any atom is 0.324 e. The molecule has 79 heavy (non-hydrogen) atoms. The first-order valence-electron chi connectivity index (χ1n) is 27.3. The third-order valence-corrected chi connectivity index (χ3v) is 17.9. The van der Waals surface area contributed by atoms with Crippen LogP contribution in [0.5, 0.6) is 6.01 Å². The van der Waals surface area contributed by atoms with Gasteiger partial charge in [-0.25, -0.2) is 9.37 Å². The Morgan fingerprint density at radius 2 is 1.84 bits per heavy atom. The van der Waals surface area contributed by atoms with Gasteiger partial charge in [0, 0.05) is 85.2 Å². The van der Waals surface area contributed by atoms with Crippen molar-refractivity contribution in [3.8, 4) is 33.6 Å². The minimum atomic E-state index is -0.950. The Kier molecular flexibility index (Phi) is 15.6. The number of piperazine rings is 1. The number of ether oxygens (including phenoxy) is 1. The number of aliphatic hydroxyl groups is 1. The fourth-order valence-corrected chi connectivity index (χ4v) is 13.3. The number of anilines is 2. The molecule has 4 aliphatic rings. The zero-order chi connectivity index (χ0) is 56.2. The number of unbranched alkanes of at least 4 members (excludes halogenated alkanes) is 1. The van der Waals surface area contributed by atoms with Crippen molar-refractivity contribution in [2.45, 2.75) is 135 Å². The number of fused-ring (bicyclic) bond motifs is 4. The Labute approximate surface area is 469 Å². The number of β-amino-alcohol motifs (C(OH)–C–C–N with tert-alkyl or cyclic N) is 1. The molecule has 20 heteroatoms. The molecule has 0 radical (unpaired) electrons. The van der Waals surface area contributed by atoms with Crippen LogP contribution < -0.4 is 31.3 Å². The molecule has 0 spiro atoms. The zero-order valence-corrected chi connectivity index (χ0v) is 47.5. The van der Waals surface area contributed by atoms with E-state index in [1.165, 1.54) is 4.90 Å².